The van der Waals surface area contributed by atoms with Gasteiger partial charge in [0.25, 0.3) is 0 Å². The molecule has 1 saturated carbocycles. The van der Waals surface area contributed by atoms with Gasteiger partial charge >= 0.3 is 0 Å². The molecular weight excluding hydrogens is 220 g/mol. The standard InChI is InChI=1S/C16H29N2/c1-3-12-18(13-4-2)14-10-17(11-15-18)16-8-6-5-7-9-16/h3-4,16H,1-2,5-15H2/q+1. The van der Waals surface area contributed by atoms with Crippen LogP contribution in [0.25, 0.3) is 0 Å². The largest absolute Gasteiger partial charge is 0.315 e. The van der Waals surface area contributed by atoms with E-state index in [1.807, 2.05) is 0 Å². The van der Waals surface area contributed by atoms with Crippen molar-refractivity contribution in [3.63, 3.8) is 0 Å². The van der Waals surface area contributed by atoms with E-state index in [1.54, 1.807) is 0 Å². The van der Waals surface area contributed by atoms with Gasteiger partial charge in [-0.15, -0.1) is 0 Å². The van der Waals surface area contributed by atoms with Crippen molar-refractivity contribution in [1.29, 1.82) is 0 Å². The van der Waals surface area contributed by atoms with Gasteiger partial charge in [-0.05, 0) is 25.0 Å². The average Bonchev–Trinajstić information content (AvgIpc) is 2.41. The fraction of sp³-hybridized carbons (Fsp3) is 0.750. The molecular formula is C16H29N2+. The zero-order valence-electron chi connectivity index (χ0n) is 11.8. The Morgan fingerprint density at radius 2 is 1.50 bits per heavy atom. The Labute approximate surface area is 113 Å². The van der Waals surface area contributed by atoms with Crippen molar-refractivity contribution in [2.24, 2.45) is 0 Å². The van der Waals surface area contributed by atoms with Crippen LogP contribution in [0, 0.1) is 0 Å². The number of rotatable bonds is 5. The van der Waals surface area contributed by atoms with E-state index in [9.17, 15) is 0 Å². The van der Waals surface area contributed by atoms with Crippen LogP contribution in [0.4, 0.5) is 0 Å². The zero-order valence-corrected chi connectivity index (χ0v) is 11.8. The third-order valence-electron chi connectivity index (χ3n) is 4.85. The summed E-state index contributed by atoms with van der Waals surface area (Å²) in [6.45, 7) is 15.1. The van der Waals surface area contributed by atoms with Crippen molar-refractivity contribution in [2.75, 3.05) is 39.3 Å². The first-order chi connectivity index (χ1) is 8.79. The summed E-state index contributed by atoms with van der Waals surface area (Å²) in [7, 11) is 0. The molecule has 1 saturated heterocycles. The topological polar surface area (TPSA) is 3.24 Å². The summed E-state index contributed by atoms with van der Waals surface area (Å²) in [4.78, 5) is 2.75. The van der Waals surface area contributed by atoms with Crippen LogP contribution >= 0.6 is 0 Å². The van der Waals surface area contributed by atoms with E-state index in [0.717, 1.165) is 19.1 Å². The van der Waals surface area contributed by atoms with Gasteiger partial charge in [0.05, 0.1) is 26.2 Å². The van der Waals surface area contributed by atoms with Gasteiger partial charge in [0, 0.05) is 19.1 Å². The molecule has 2 rings (SSSR count). The molecule has 2 heteroatoms. The first-order valence-corrected chi connectivity index (χ1v) is 7.61. The number of piperazine rings is 1. The predicted molar refractivity (Wildman–Crippen MR) is 78.6 cm³/mol. The minimum Gasteiger partial charge on any atom is -0.315 e. The SMILES string of the molecule is C=CC[N+]1(CC=C)CCN(C2CCCCC2)CC1. The molecule has 102 valence electrons. The smallest absolute Gasteiger partial charge is 0.0974 e. The molecule has 0 atom stereocenters. The van der Waals surface area contributed by atoms with Crippen LogP contribution in [0.3, 0.4) is 0 Å². The maximum atomic E-state index is 3.93. The summed E-state index contributed by atoms with van der Waals surface area (Å²) < 4.78 is 1.18. The summed E-state index contributed by atoms with van der Waals surface area (Å²) in [6.07, 6.45) is 11.4. The van der Waals surface area contributed by atoms with Crippen LogP contribution in [-0.4, -0.2) is 54.7 Å². The molecule has 0 aromatic carbocycles. The molecule has 0 radical (unpaired) electrons. The van der Waals surface area contributed by atoms with Gasteiger partial charge in [0.1, 0.15) is 0 Å². The number of hydrogen-bond acceptors (Lipinski definition) is 1. The Bertz CT molecular complexity index is 259. The predicted octanol–water partition coefficient (Wildman–Crippen LogP) is 2.82. The summed E-state index contributed by atoms with van der Waals surface area (Å²) in [5.41, 5.74) is 0. The Morgan fingerprint density at radius 3 is 2.00 bits per heavy atom. The van der Waals surface area contributed by atoms with Crippen LogP contribution in [0.15, 0.2) is 25.3 Å². The number of nitrogens with zero attached hydrogens (tertiary/aromatic N) is 2. The van der Waals surface area contributed by atoms with Crippen LogP contribution < -0.4 is 0 Å². The Hall–Kier alpha value is -0.600. The Balaban J connectivity index is 1.88. The van der Waals surface area contributed by atoms with Crippen molar-refractivity contribution in [3.05, 3.63) is 25.3 Å². The molecule has 18 heavy (non-hydrogen) atoms. The summed E-state index contributed by atoms with van der Waals surface area (Å²) in [5, 5.41) is 0. The van der Waals surface area contributed by atoms with Crippen LogP contribution in [-0.2, 0) is 0 Å². The monoisotopic (exact) mass is 249 g/mol. The fourth-order valence-electron chi connectivity index (χ4n) is 3.70. The Morgan fingerprint density at radius 1 is 0.944 bits per heavy atom. The first-order valence-electron chi connectivity index (χ1n) is 7.61. The van der Waals surface area contributed by atoms with E-state index in [1.165, 1.54) is 62.8 Å². The first kappa shape index (κ1) is 13.8. The molecule has 0 aromatic rings. The van der Waals surface area contributed by atoms with Crippen LogP contribution in [0.5, 0.6) is 0 Å². The van der Waals surface area contributed by atoms with Gasteiger partial charge < -0.3 is 4.48 Å². The minimum atomic E-state index is 0.883. The van der Waals surface area contributed by atoms with Gasteiger partial charge in [-0.3, -0.25) is 4.90 Å². The zero-order chi connectivity index (χ0) is 12.8. The highest BCUT2D eigenvalue weighted by Gasteiger charge is 2.33. The van der Waals surface area contributed by atoms with Gasteiger partial charge in [-0.2, -0.15) is 0 Å². The maximum Gasteiger partial charge on any atom is 0.0974 e. The van der Waals surface area contributed by atoms with Crippen LogP contribution in [0.2, 0.25) is 0 Å². The number of hydrogen-bond donors (Lipinski definition) is 0. The average molecular weight is 249 g/mol. The van der Waals surface area contributed by atoms with Crippen LogP contribution in [0.1, 0.15) is 32.1 Å². The molecule has 1 aliphatic carbocycles. The van der Waals surface area contributed by atoms with Gasteiger partial charge in [-0.25, -0.2) is 0 Å². The Kier molecular flexibility index (Phi) is 5.02. The molecule has 0 bridgehead atoms. The van der Waals surface area contributed by atoms with Crippen molar-refractivity contribution in [1.82, 2.24) is 4.90 Å². The summed E-state index contributed by atoms with van der Waals surface area (Å²) in [5.74, 6) is 0. The van der Waals surface area contributed by atoms with E-state index >= 15 is 0 Å². The third kappa shape index (κ3) is 3.24. The number of quaternary nitrogens is 1. The second-order valence-corrected chi connectivity index (χ2v) is 6.06. The van der Waals surface area contributed by atoms with E-state index in [2.05, 4.69) is 30.2 Å². The molecule has 1 aliphatic heterocycles. The lowest BCUT2D eigenvalue weighted by Crippen LogP contribution is -2.61. The quantitative estimate of drug-likeness (QED) is 0.535. The summed E-state index contributed by atoms with van der Waals surface area (Å²) in [6, 6.07) is 0.883. The molecule has 0 aromatic heterocycles. The highest BCUT2D eigenvalue weighted by atomic mass is 15.4. The molecule has 0 N–H and O–H groups in total. The molecule has 2 aliphatic rings. The fourth-order valence-corrected chi connectivity index (χ4v) is 3.70. The molecule has 2 fully saturated rings. The van der Waals surface area contributed by atoms with E-state index in [4.69, 9.17) is 0 Å². The molecule has 1 heterocycles. The van der Waals surface area contributed by atoms with Crippen molar-refractivity contribution in [2.45, 2.75) is 38.1 Å². The lowest BCUT2D eigenvalue weighted by atomic mass is 9.93. The second-order valence-electron chi connectivity index (χ2n) is 6.06. The minimum absolute atomic E-state index is 0.883. The van der Waals surface area contributed by atoms with Crippen molar-refractivity contribution >= 4 is 0 Å². The molecule has 0 spiro atoms. The van der Waals surface area contributed by atoms with E-state index < -0.39 is 0 Å². The van der Waals surface area contributed by atoms with E-state index in [0.29, 0.717) is 0 Å². The lowest BCUT2D eigenvalue weighted by Gasteiger charge is -2.46. The van der Waals surface area contributed by atoms with Gasteiger partial charge in [0.15, 0.2) is 0 Å². The van der Waals surface area contributed by atoms with Crippen molar-refractivity contribution in [3.8, 4) is 0 Å². The van der Waals surface area contributed by atoms with Gasteiger partial charge in [-0.1, -0.05) is 32.4 Å². The normalized spacial score (nSPS) is 25.8. The maximum absolute atomic E-state index is 3.93. The highest BCUT2D eigenvalue weighted by molar-refractivity contribution is 4.80. The summed E-state index contributed by atoms with van der Waals surface area (Å²) >= 11 is 0. The second kappa shape index (κ2) is 6.53. The van der Waals surface area contributed by atoms with E-state index in [-0.39, 0.29) is 0 Å². The van der Waals surface area contributed by atoms with Gasteiger partial charge in [0.2, 0.25) is 0 Å². The molecule has 0 amide bonds. The third-order valence-corrected chi connectivity index (χ3v) is 4.85. The highest BCUT2D eigenvalue weighted by Crippen LogP contribution is 2.25. The molecule has 0 unspecified atom stereocenters. The lowest BCUT2D eigenvalue weighted by molar-refractivity contribution is -0.921. The van der Waals surface area contributed by atoms with Crippen molar-refractivity contribution < 1.29 is 4.48 Å². The molecule has 2 nitrogen and oxygen atoms in total.